The van der Waals surface area contributed by atoms with Gasteiger partial charge in [-0.25, -0.2) is 9.97 Å². The highest BCUT2D eigenvalue weighted by molar-refractivity contribution is 5.59. The third kappa shape index (κ3) is 2.42. The van der Waals surface area contributed by atoms with Gasteiger partial charge in [-0.15, -0.1) is 0 Å². The van der Waals surface area contributed by atoms with E-state index in [0.29, 0.717) is 0 Å². The van der Waals surface area contributed by atoms with Crippen molar-refractivity contribution in [1.82, 2.24) is 9.97 Å². The van der Waals surface area contributed by atoms with Crippen LogP contribution in [0, 0.1) is 0 Å². The molecule has 1 aromatic carbocycles. The molecule has 1 aromatic heterocycles. The third-order valence-electron chi connectivity index (χ3n) is 3.13. The Hall–Kier alpha value is -2.10. The van der Waals surface area contributed by atoms with Gasteiger partial charge in [0.05, 0.1) is 0 Å². The molecule has 1 saturated heterocycles. The molecule has 3 rings (SSSR count). The highest BCUT2D eigenvalue weighted by Gasteiger charge is 2.13. The van der Waals surface area contributed by atoms with Gasteiger partial charge in [-0.2, -0.15) is 0 Å². The molecule has 1 N–H and O–H groups in total. The molecule has 0 spiro atoms. The molecule has 1 fully saturated rings. The second kappa shape index (κ2) is 5.04. The quantitative estimate of drug-likeness (QED) is 0.895. The largest absolute Gasteiger partial charge is 0.356 e. The Morgan fingerprint density at radius 1 is 1.00 bits per heavy atom. The fourth-order valence-corrected chi connectivity index (χ4v) is 2.20. The highest BCUT2D eigenvalue weighted by Crippen LogP contribution is 2.21. The average Bonchev–Trinajstić information content (AvgIpc) is 2.94. The van der Waals surface area contributed by atoms with Crippen LogP contribution in [0.5, 0.6) is 0 Å². The zero-order valence-electron chi connectivity index (χ0n) is 10.2. The van der Waals surface area contributed by atoms with Gasteiger partial charge in [-0.3, -0.25) is 0 Å². The Morgan fingerprint density at radius 3 is 2.56 bits per heavy atom. The Labute approximate surface area is 107 Å². The minimum Gasteiger partial charge on any atom is -0.356 e. The van der Waals surface area contributed by atoms with Crippen LogP contribution in [0.2, 0.25) is 0 Å². The second-order valence-corrected chi connectivity index (χ2v) is 4.45. The molecule has 0 bridgehead atoms. The number of anilines is 3. The van der Waals surface area contributed by atoms with Gasteiger partial charge in [-0.05, 0) is 25.0 Å². The van der Waals surface area contributed by atoms with Crippen molar-refractivity contribution in [2.75, 3.05) is 23.3 Å². The predicted octanol–water partition coefficient (Wildman–Crippen LogP) is 2.82. The number of hydrogen-bond donors (Lipinski definition) is 1. The molecule has 0 saturated carbocycles. The van der Waals surface area contributed by atoms with Crippen LogP contribution in [0.4, 0.5) is 17.3 Å². The van der Waals surface area contributed by atoms with Crippen LogP contribution in [0.25, 0.3) is 0 Å². The lowest BCUT2D eigenvalue weighted by Crippen LogP contribution is -2.19. The molecule has 4 nitrogen and oxygen atoms in total. The molecule has 0 amide bonds. The van der Waals surface area contributed by atoms with Gasteiger partial charge in [-0.1, -0.05) is 18.2 Å². The maximum Gasteiger partial charge on any atom is 0.135 e. The molecule has 2 aromatic rings. The smallest absolute Gasteiger partial charge is 0.135 e. The van der Waals surface area contributed by atoms with E-state index in [9.17, 15) is 0 Å². The molecule has 0 unspecified atom stereocenters. The first-order valence-electron chi connectivity index (χ1n) is 6.31. The van der Waals surface area contributed by atoms with E-state index in [1.807, 2.05) is 36.4 Å². The van der Waals surface area contributed by atoms with Crippen LogP contribution in [0.1, 0.15) is 12.8 Å². The van der Waals surface area contributed by atoms with Gasteiger partial charge in [0.15, 0.2) is 0 Å². The lowest BCUT2D eigenvalue weighted by atomic mass is 10.3. The summed E-state index contributed by atoms with van der Waals surface area (Å²) in [5.41, 5.74) is 1.04. The summed E-state index contributed by atoms with van der Waals surface area (Å²) in [5, 5.41) is 3.29. The highest BCUT2D eigenvalue weighted by atomic mass is 15.2. The lowest BCUT2D eigenvalue weighted by Gasteiger charge is -2.16. The van der Waals surface area contributed by atoms with Gasteiger partial charge in [0.25, 0.3) is 0 Å². The number of hydrogen-bond acceptors (Lipinski definition) is 4. The van der Waals surface area contributed by atoms with E-state index >= 15 is 0 Å². The van der Waals surface area contributed by atoms with E-state index < -0.39 is 0 Å². The summed E-state index contributed by atoms with van der Waals surface area (Å²) in [7, 11) is 0. The van der Waals surface area contributed by atoms with Crippen molar-refractivity contribution >= 4 is 17.3 Å². The summed E-state index contributed by atoms with van der Waals surface area (Å²) in [6, 6.07) is 12.1. The van der Waals surface area contributed by atoms with Gasteiger partial charge in [0, 0.05) is 24.8 Å². The molecule has 4 heteroatoms. The number of aromatic nitrogens is 2. The zero-order valence-corrected chi connectivity index (χ0v) is 10.2. The fraction of sp³-hybridized carbons (Fsp3) is 0.286. The molecule has 0 aliphatic carbocycles. The summed E-state index contributed by atoms with van der Waals surface area (Å²) in [6.07, 6.45) is 4.13. The van der Waals surface area contributed by atoms with Crippen LogP contribution >= 0.6 is 0 Å². The van der Waals surface area contributed by atoms with Crippen LogP contribution in [-0.4, -0.2) is 23.1 Å². The minimum absolute atomic E-state index is 0.845. The van der Waals surface area contributed by atoms with Crippen molar-refractivity contribution in [3.63, 3.8) is 0 Å². The lowest BCUT2D eigenvalue weighted by molar-refractivity contribution is 0.928. The number of benzene rings is 1. The van der Waals surface area contributed by atoms with E-state index in [2.05, 4.69) is 20.2 Å². The first-order valence-corrected chi connectivity index (χ1v) is 6.31. The van der Waals surface area contributed by atoms with Crippen LogP contribution in [0.3, 0.4) is 0 Å². The molecule has 18 heavy (non-hydrogen) atoms. The first-order chi connectivity index (χ1) is 8.92. The monoisotopic (exact) mass is 240 g/mol. The number of para-hydroxylation sites is 1. The molecule has 92 valence electrons. The van der Waals surface area contributed by atoms with Crippen molar-refractivity contribution in [3.8, 4) is 0 Å². The van der Waals surface area contributed by atoms with Crippen molar-refractivity contribution in [3.05, 3.63) is 42.7 Å². The third-order valence-corrected chi connectivity index (χ3v) is 3.13. The Bertz CT molecular complexity index is 506. The Balaban J connectivity index is 1.78. The standard InChI is InChI=1S/C14H16N4/c1-2-6-12(7-3-1)17-13-10-14(16-11-15-13)18-8-4-5-9-18/h1-3,6-7,10-11H,4-5,8-9H2,(H,15,16,17). The Morgan fingerprint density at radius 2 is 1.78 bits per heavy atom. The van der Waals surface area contributed by atoms with Crippen molar-refractivity contribution < 1.29 is 0 Å². The van der Waals surface area contributed by atoms with Crippen molar-refractivity contribution in [1.29, 1.82) is 0 Å². The number of rotatable bonds is 3. The van der Waals surface area contributed by atoms with Crippen LogP contribution in [0.15, 0.2) is 42.7 Å². The number of nitrogens with zero attached hydrogens (tertiary/aromatic N) is 3. The van der Waals surface area contributed by atoms with Crippen molar-refractivity contribution in [2.45, 2.75) is 12.8 Å². The van der Waals surface area contributed by atoms with Crippen LogP contribution < -0.4 is 10.2 Å². The first kappa shape index (κ1) is 11.0. The summed E-state index contributed by atoms with van der Waals surface area (Å²) in [4.78, 5) is 10.9. The molecular weight excluding hydrogens is 224 g/mol. The maximum absolute atomic E-state index is 4.34. The zero-order chi connectivity index (χ0) is 12.2. The maximum atomic E-state index is 4.34. The molecule has 2 heterocycles. The van der Waals surface area contributed by atoms with E-state index in [4.69, 9.17) is 0 Å². The molecule has 0 atom stereocenters. The van der Waals surface area contributed by atoms with E-state index in [-0.39, 0.29) is 0 Å². The van der Waals surface area contributed by atoms with Gasteiger partial charge < -0.3 is 10.2 Å². The summed E-state index contributed by atoms with van der Waals surface area (Å²) < 4.78 is 0. The number of nitrogens with one attached hydrogen (secondary N) is 1. The SMILES string of the molecule is c1ccc(Nc2cc(N3CCCC3)ncn2)cc1. The summed E-state index contributed by atoms with van der Waals surface area (Å²) in [5.74, 6) is 1.86. The molecule has 1 aliphatic heterocycles. The topological polar surface area (TPSA) is 41.0 Å². The van der Waals surface area contributed by atoms with E-state index in [0.717, 1.165) is 30.4 Å². The normalized spacial score (nSPS) is 14.8. The van der Waals surface area contributed by atoms with Crippen LogP contribution in [-0.2, 0) is 0 Å². The van der Waals surface area contributed by atoms with E-state index in [1.165, 1.54) is 12.8 Å². The average molecular weight is 240 g/mol. The fourth-order valence-electron chi connectivity index (χ4n) is 2.20. The van der Waals surface area contributed by atoms with Gasteiger partial charge in [0.2, 0.25) is 0 Å². The molecule has 0 radical (unpaired) electrons. The summed E-state index contributed by atoms with van der Waals surface area (Å²) >= 11 is 0. The molecule has 1 aliphatic rings. The van der Waals surface area contributed by atoms with E-state index in [1.54, 1.807) is 6.33 Å². The van der Waals surface area contributed by atoms with Crippen molar-refractivity contribution in [2.24, 2.45) is 0 Å². The molecular formula is C14H16N4. The van der Waals surface area contributed by atoms with Gasteiger partial charge in [0.1, 0.15) is 18.0 Å². The minimum atomic E-state index is 0.845. The predicted molar refractivity (Wildman–Crippen MR) is 73.2 cm³/mol. The van der Waals surface area contributed by atoms with Gasteiger partial charge >= 0.3 is 0 Å². The Kier molecular flexibility index (Phi) is 3.08. The second-order valence-electron chi connectivity index (χ2n) is 4.45. The summed E-state index contributed by atoms with van der Waals surface area (Å²) in [6.45, 7) is 2.20.